The molecule has 2 aromatic carbocycles. The van der Waals surface area contributed by atoms with Crippen molar-refractivity contribution in [3.05, 3.63) is 53.6 Å². The van der Waals surface area contributed by atoms with Crippen molar-refractivity contribution in [2.24, 2.45) is 0 Å². The molecule has 0 N–H and O–H groups in total. The fraction of sp³-hybridized carbons (Fsp3) is 0.300. The molecular formula is C20H21ClN4O3S2. The molecule has 1 aromatic heterocycles. The van der Waals surface area contributed by atoms with E-state index in [1.54, 1.807) is 36.0 Å². The third kappa shape index (κ3) is 4.13. The number of morpholine rings is 1. The summed E-state index contributed by atoms with van der Waals surface area (Å²) in [4.78, 5) is 0.223. The number of sulfonamides is 1. The Morgan fingerprint density at radius 1 is 1.10 bits per heavy atom. The van der Waals surface area contributed by atoms with E-state index in [-0.39, 0.29) is 4.90 Å². The minimum Gasteiger partial charge on any atom is -0.379 e. The Kier molecular flexibility index (Phi) is 6.45. The summed E-state index contributed by atoms with van der Waals surface area (Å²) in [5.41, 5.74) is 1.40. The van der Waals surface area contributed by atoms with E-state index in [1.165, 1.54) is 4.31 Å². The molecule has 0 amide bonds. The minimum atomic E-state index is -3.62. The van der Waals surface area contributed by atoms with Crippen molar-refractivity contribution in [1.82, 2.24) is 19.1 Å². The first kappa shape index (κ1) is 21.3. The summed E-state index contributed by atoms with van der Waals surface area (Å²) in [5, 5.41) is 9.95. The summed E-state index contributed by atoms with van der Waals surface area (Å²) in [5.74, 6) is 1.35. The Labute approximate surface area is 185 Å². The van der Waals surface area contributed by atoms with E-state index in [4.69, 9.17) is 16.3 Å². The highest BCUT2D eigenvalue weighted by molar-refractivity contribution is 7.99. The molecule has 158 valence electrons. The highest BCUT2D eigenvalue weighted by Crippen LogP contribution is 2.32. The fourth-order valence-electron chi connectivity index (χ4n) is 3.26. The normalized spacial score (nSPS) is 15.4. The predicted octanol–water partition coefficient (Wildman–Crippen LogP) is 3.72. The highest BCUT2D eigenvalue weighted by atomic mass is 35.5. The Morgan fingerprint density at radius 3 is 2.60 bits per heavy atom. The lowest BCUT2D eigenvalue weighted by molar-refractivity contribution is 0.0730. The minimum absolute atomic E-state index is 0.223. The number of aromatic nitrogens is 3. The molecule has 30 heavy (non-hydrogen) atoms. The van der Waals surface area contributed by atoms with E-state index < -0.39 is 10.0 Å². The van der Waals surface area contributed by atoms with Gasteiger partial charge in [-0.15, -0.1) is 10.2 Å². The predicted molar refractivity (Wildman–Crippen MR) is 118 cm³/mol. The summed E-state index contributed by atoms with van der Waals surface area (Å²) in [6.07, 6.45) is 0. The summed E-state index contributed by atoms with van der Waals surface area (Å²) < 4.78 is 34.8. The molecule has 1 aliphatic rings. The lowest BCUT2D eigenvalue weighted by atomic mass is 10.2. The molecule has 0 saturated carbocycles. The molecule has 0 unspecified atom stereocenters. The molecule has 1 saturated heterocycles. The van der Waals surface area contributed by atoms with E-state index >= 15 is 0 Å². The zero-order valence-electron chi connectivity index (χ0n) is 16.4. The van der Waals surface area contributed by atoms with Crippen LogP contribution in [-0.4, -0.2) is 59.5 Å². The lowest BCUT2D eigenvalue weighted by Crippen LogP contribution is -2.40. The first-order valence-electron chi connectivity index (χ1n) is 9.54. The quantitative estimate of drug-likeness (QED) is 0.517. The van der Waals surface area contributed by atoms with Gasteiger partial charge in [0, 0.05) is 18.7 Å². The number of thioether (sulfide) groups is 1. The van der Waals surface area contributed by atoms with Crippen molar-refractivity contribution >= 4 is 33.4 Å². The van der Waals surface area contributed by atoms with E-state index in [0.29, 0.717) is 47.9 Å². The van der Waals surface area contributed by atoms with Gasteiger partial charge in [0.25, 0.3) is 0 Å². The second-order valence-electron chi connectivity index (χ2n) is 6.57. The van der Waals surface area contributed by atoms with Crippen LogP contribution < -0.4 is 0 Å². The Bertz CT molecular complexity index is 1140. The van der Waals surface area contributed by atoms with Crippen molar-refractivity contribution < 1.29 is 13.2 Å². The van der Waals surface area contributed by atoms with Crippen LogP contribution in [0.25, 0.3) is 17.1 Å². The average molecular weight is 465 g/mol. The van der Waals surface area contributed by atoms with Gasteiger partial charge in [0.15, 0.2) is 11.0 Å². The Balaban J connectivity index is 1.81. The summed E-state index contributed by atoms with van der Waals surface area (Å²) >= 11 is 8.00. The summed E-state index contributed by atoms with van der Waals surface area (Å²) in [6.45, 7) is 3.53. The SMILES string of the molecule is CCSc1nnc(-c2cccc(S(=O)(=O)N3CCOCC3)c2)n1-c1ccccc1Cl. The molecule has 1 fully saturated rings. The largest absolute Gasteiger partial charge is 0.379 e. The van der Waals surface area contributed by atoms with Gasteiger partial charge in [-0.25, -0.2) is 8.42 Å². The van der Waals surface area contributed by atoms with Crippen LogP contribution in [0.3, 0.4) is 0 Å². The van der Waals surface area contributed by atoms with Gasteiger partial charge in [-0.3, -0.25) is 4.57 Å². The zero-order chi connectivity index (χ0) is 21.1. The topological polar surface area (TPSA) is 77.3 Å². The molecule has 4 rings (SSSR count). The van der Waals surface area contributed by atoms with Crippen molar-refractivity contribution in [2.75, 3.05) is 32.1 Å². The Morgan fingerprint density at radius 2 is 1.87 bits per heavy atom. The number of halogens is 1. The van der Waals surface area contributed by atoms with E-state index in [1.807, 2.05) is 35.8 Å². The van der Waals surface area contributed by atoms with E-state index in [2.05, 4.69) is 10.2 Å². The van der Waals surface area contributed by atoms with Crippen LogP contribution >= 0.6 is 23.4 Å². The number of hydrogen-bond acceptors (Lipinski definition) is 6. The molecule has 0 bridgehead atoms. The molecule has 3 aromatic rings. The molecule has 0 aliphatic carbocycles. The summed E-state index contributed by atoms with van der Waals surface area (Å²) in [7, 11) is -3.62. The van der Waals surface area contributed by atoms with Gasteiger partial charge >= 0.3 is 0 Å². The number of para-hydroxylation sites is 1. The van der Waals surface area contributed by atoms with Crippen LogP contribution in [-0.2, 0) is 14.8 Å². The third-order valence-electron chi connectivity index (χ3n) is 4.70. The lowest BCUT2D eigenvalue weighted by Gasteiger charge is -2.26. The summed E-state index contributed by atoms with van der Waals surface area (Å²) in [6, 6.07) is 14.2. The second kappa shape index (κ2) is 9.07. The third-order valence-corrected chi connectivity index (χ3v) is 7.73. The molecule has 10 heteroatoms. The zero-order valence-corrected chi connectivity index (χ0v) is 18.8. The van der Waals surface area contributed by atoms with Gasteiger partial charge in [-0.1, -0.05) is 54.6 Å². The standard InChI is InChI=1S/C20H21ClN4O3S2/c1-2-29-20-23-22-19(25(20)18-9-4-3-8-17(18)21)15-6-5-7-16(14-15)30(26,27)24-10-12-28-13-11-24/h3-9,14H,2,10-13H2,1H3. The van der Waals surface area contributed by atoms with Crippen molar-refractivity contribution in [3.63, 3.8) is 0 Å². The highest BCUT2D eigenvalue weighted by Gasteiger charge is 2.27. The number of hydrogen-bond donors (Lipinski definition) is 0. The maximum atomic E-state index is 13.1. The van der Waals surface area contributed by atoms with Crippen molar-refractivity contribution in [3.8, 4) is 17.1 Å². The van der Waals surface area contributed by atoms with Gasteiger partial charge < -0.3 is 4.74 Å². The van der Waals surface area contributed by atoms with Crippen LogP contribution in [0.4, 0.5) is 0 Å². The molecule has 0 spiro atoms. The maximum Gasteiger partial charge on any atom is 0.243 e. The van der Waals surface area contributed by atoms with Gasteiger partial charge in [-0.2, -0.15) is 4.31 Å². The van der Waals surface area contributed by atoms with Gasteiger partial charge in [0.05, 0.1) is 28.8 Å². The number of benzene rings is 2. The molecule has 1 aliphatic heterocycles. The van der Waals surface area contributed by atoms with Crippen molar-refractivity contribution in [1.29, 1.82) is 0 Å². The van der Waals surface area contributed by atoms with Crippen molar-refractivity contribution in [2.45, 2.75) is 17.0 Å². The van der Waals surface area contributed by atoms with Gasteiger partial charge in [0.2, 0.25) is 10.0 Å². The van der Waals surface area contributed by atoms with Crippen LogP contribution in [0.1, 0.15) is 6.92 Å². The smallest absolute Gasteiger partial charge is 0.243 e. The number of ether oxygens (including phenoxy) is 1. The number of nitrogens with zero attached hydrogens (tertiary/aromatic N) is 4. The van der Waals surface area contributed by atoms with E-state index in [0.717, 1.165) is 11.4 Å². The molecule has 0 radical (unpaired) electrons. The molecule has 2 heterocycles. The molecule has 7 nitrogen and oxygen atoms in total. The first-order valence-corrected chi connectivity index (χ1v) is 12.3. The van der Waals surface area contributed by atoms with Crippen LogP contribution in [0.2, 0.25) is 5.02 Å². The second-order valence-corrected chi connectivity index (χ2v) is 10.1. The van der Waals surface area contributed by atoms with Crippen LogP contribution in [0.5, 0.6) is 0 Å². The monoisotopic (exact) mass is 464 g/mol. The molecular weight excluding hydrogens is 444 g/mol. The van der Waals surface area contributed by atoms with E-state index in [9.17, 15) is 8.42 Å². The number of rotatable bonds is 6. The fourth-order valence-corrected chi connectivity index (χ4v) is 5.61. The van der Waals surface area contributed by atoms with Crippen LogP contribution in [0, 0.1) is 0 Å². The van der Waals surface area contributed by atoms with Gasteiger partial charge in [-0.05, 0) is 30.0 Å². The van der Waals surface area contributed by atoms with Gasteiger partial charge in [0.1, 0.15) is 0 Å². The Hall–Kier alpha value is -1.91. The maximum absolute atomic E-state index is 13.1. The average Bonchev–Trinajstić information content (AvgIpc) is 3.18. The molecule has 0 atom stereocenters. The first-order chi connectivity index (χ1) is 14.5. The van der Waals surface area contributed by atoms with Crippen LogP contribution in [0.15, 0.2) is 58.6 Å².